The second-order valence-corrected chi connectivity index (χ2v) is 5.51. The number of imidazole rings is 1. The Morgan fingerprint density at radius 3 is 2.90 bits per heavy atom. The van der Waals surface area contributed by atoms with Crippen LogP contribution < -0.4 is 0 Å². The average molecular weight is 268 g/mol. The van der Waals surface area contributed by atoms with E-state index >= 15 is 0 Å². The first kappa shape index (κ1) is 13.1. The number of nitrogens with zero attached hydrogens (tertiary/aromatic N) is 2. The number of hydrogen-bond acceptors (Lipinski definition) is 2. The molecule has 1 aliphatic heterocycles. The van der Waals surface area contributed by atoms with Crippen LogP contribution in [0.2, 0.25) is 0 Å². The molecule has 0 spiro atoms. The lowest BCUT2D eigenvalue weighted by Crippen LogP contribution is -2.26. The Balaban J connectivity index is 1.81. The number of carbonyl (C=O) groups excluding carboxylic acids is 1. The number of rotatable bonds is 4. The van der Waals surface area contributed by atoms with Crippen molar-refractivity contribution < 1.29 is 4.79 Å². The zero-order chi connectivity index (χ0) is 13.9. The van der Waals surface area contributed by atoms with Crippen molar-refractivity contribution in [3.63, 3.8) is 0 Å². The van der Waals surface area contributed by atoms with Crippen LogP contribution in [0.4, 0.5) is 0 Å². The van der Waals surface area contributed by atoms with Crippen LogP contribution in [0.1, 0.15) is 32.0 Å². The van der Waals surface area contributed by atoms with Gasteiger partial charge >= 0.3 is 0 Å². The van der Waals surface area contributed by atoms with Crippen LogP contribution in [0.15, 0.2) is 36.5 Å². The zero-order valence-corrected chi connectivity index (χ0v) is 11.9. The fraction of sp³-hybridized carbons (Fsp3) is 0.412. The van der Waals surface area contributed by atoms with Gasteiger partial charge < -0.3 is 4.57 Å². The van der Waals surface area contributed by atoms with Crippen molar-refractivity contribution >= 4 is 5.78 Å². The van der Waals surface area contributed by atoms with Gasteiger partial charge in [0.2, 0.25) is 0 Å². The monoisotopic (exact) mass is 268 g/mol. The first-order valence-electron chi connectivity index (χ1n) is 7.42. The van der Waals surface area contributed by atoms with Crippen LogP contribution in [0.5, 0.6) is 0 Å². The van der Waals surface area contributed by atoms with E-state index in [4.69, 9.17) is 4.98 Å². The van der Waals surface area contributed by atoms with E-state index in [2.05, 4.69) is 29.8 Å². The largest absolute Gasteiger partial charge is 0.334 e. The number of hydrogen-bond donors (Lipinski definition) is 0. The average Bonchev–Trinajstić information content (AvgIpc) is 2.91. The fourth-order valence-corrected chi connectivity index (χ4v) is 2.91. The van der Waals surface area contributed by atoms with Crippen LogP contribution in [-0.4, -0.2) is 15.3 Å². The normalized spacial score (nSPS) is 17.8. The van der Waals surface area contributed by atoms with Crippen molar-refractivity contribution in [1.29, 1.82) is 0 Å². The molecule has 1 unspecified atom stereocenters. The molecule has 0 amide bonds. The van der Waals surface area contributed by atoms with Gasteiger partial charge in [0, 0.05) is 37.1 Å². The van der Waals surface area contributed by atoms with Crippen molar-refractivity contribution in [2.45, 2.75) is 39.2 Å². The summed E-state index contributed by atoms with van der Waals surface area (Å²) in [6.45, 7) is 2.87. The Kier molecular flexibility index (Phi) is 3.68. The maximum atomic E-state index is 12.1. The van der Waals surface area contributed by atoms with E-state index in [1.807, 2.05) is 18.2 Å². The molecule has 0 saturated carbocycles. The molecule has 3 nitrogen and oxygen atoms in total. The van der Waals surface area contributed by atoms with Gasteiger partial charge in [0.1, 0.15) is 11.6 Å². The minimum absolute atomic E-state index is 0.181. The topological polar surface area (TPSA) is 34.9 Å². The second kappa shape index (κ2) is 5.61. The molecule has 104 valence electrons. The molecular weight excluding hydrogens is 248 g/mol. The van der Waals surface area contributed by atoms with Gasteiger partial charge in [-0.2, -0.15) is 0 Å². The molecule has 0 bridgehead atoms. The number of aryl methyl sites for hydroxylation is 1. The standard InChI is InChI=1S/C17H20N2O/c1-2-6-16(20)14-9-10-17-18-15(12-19(17)11-14)13-7-4-3-5-8-13/h3-5,7-8,12,14H,2,6,9-11H2,1H3. The van der Waals surface area contributed by atoms with E-state index < -0.39 is 0 Å². The molecule has 3 rings (SSSR count). The van der Waals surface area contributed by atoms with Gasteiger partial charge in [-0.05, 0) is 12.8 Å². The number of carbonyl (C=O) groups is 1. The smallest absolute Gasteiger partial charge is 0.137 e. The van der Waals surface area contributed by atoms with Gasteiger partial charge in [-0.3, -0.25) is 4.79 Å². The maximum Gasteiger partial charge on any atom is 0.137 e. The number of fused-ring (bicyclic) bond motifs is 1. The van der Waals surface area contributed by atoms with Crippen molar-refractivity contribution in [2.24, 2.45) is 5.92 Å². The van der Waals surface area contributed by atoms with Gasteiger partial charge in [-0.1, -0.05) is 37.3 Å². The van der Waals surface area contributed by atoms with Crippen LogP contribution in [-0.2, 0) is 17.8 Å². The summed E-state index contributed by atoms with van der Waals surface area (Å²) in [5.74, 6) is 1.71. The molecule has 0 N–H and O–H groups in total. The summed E-state index contributed by atoms with van der Waals surface area (Å²) < 4.78 is 2.17. The van der Waals surface area contributed by atoms with E-state index in [9.17, 15) is 4.79 Å². The molecule has 1 aromatic carbocycles. The van der Waals surface area contributed by atoms with E-state index in [-0.39, 0.29) is 5.92 Å². The Labute approximate surface area is 119 Å². The third-order valence-corrected chi connectivity index (χ3v) is 4.01. The summed E-state index contributed by atoms with van der Waals surface area (Å²) in [6.07, 6.45) is 5.61. The van der Waals surface area contributed by atoms with Crippen molar-refractivity contribution in [3.05, 3.63) is 42.4 Å². The summed E-state index contributed by atoms with van der Waals surface area (Å²) in [4.78, 5) is 16.8. The van der Waals surface area contributed by atoms with Crippen molar-refractivity contribution in [3.8, 4) is 11.3 Å². The molecule has 0 saturated heterocycles. The summed E-state index contributed by atoms with van der Waals surface area (Å²) in [6, 6.07) is 10.2. The van der Waals surface area contributed by atoms with E-state index in [1.165, 1.54) is 0 Å². The molecule has 2 heterocycles. The van der Waals surface area contributed by atoms with Crippen LogP contribution in [0.3, 0.4) is 0 Å². The summed E-state index contributed by atoms with van der Waals surface area (Å²) in [5.41, 5.74) is 2.16. The highest BCUT2D eigenvalue weighted by Gasteiger charge is 2.25. The minimum Gasteiger partial charge on any atom is -0.334 e. The highest BCUT2D eigenvalue weighted by atomic mass is 16.1. The highest BCUT2D eigenvalue weighted by Crippen LogP contribution is 2.26. The van der Waals surface area contributed by atoms with Gasteiger partial charge in [0.05, 0.1) is 5.69 Å². The number of aromatic nitrogens is 2. The molecule has 3 heteroatoms. The van der Waals surface area contributed by atoms with Gasteiger partial charge in [0.25, 0.3) is 0 Å². The lowest BCUT2D eigenvalue weighted by molar-refractivity contribution is -0.123. The maximum absolute atomic E-state index is 12.1. The molecule has 2 aromatic rings. The molecule has 1 aliphatic rings. The van der Waals surface area contributed by atoms with Gasteiger partial charge in [-0.15, -0.1) is 0 Å². The predicted octanol–water partition coefficient (Wildman–Crippen LogP) is 3.48. The SMILES string of the molecule is CCCC(=O)C1CCc2nc(-c3ccccc3)cn2C1. The van der Waals surface area contributed by atoms with Gasteiger partial charge in [0.15, 0.2) is 0 Å². The number of ketones is 1. The van der Waals surface area contributed by atoms with Crippen molar-refractivity contribution in [1.82, 2.24) is 9.55 Å². The van der Waals surface area contributed by atoms with Crippen LogP contribution >= 0.6 is 0 Å². The van der Waals surface area contributed by atoms with Crippen LogP contribution in [0.25, 0.3) is 11.3 Å². The summed E-state index contributed by atoms with van der Waals surface area (Å²) >= 11 is 0. The summed E-state index contributed by atoms with van der Waals surface area (Å²) in [7, 11) is 0. The quantitative estimate of drug-likeness (QED) is 0.851. The number of Topliss-reactive ketones (excluding diaryl/α,β-unsaturated/α-hetero) is 1. The highest BCUT2D eigenvalue weighted by molar-refractivity contribution is 5.81. The number of benzene rings is 1. The molecule has 0 aliphatic carbocycles. The first-order valence-corrected chi connectivity index (χ1v) is 7.42. The zero-order valence-electron chi connectivity index (χ0n) is 11.9. The lowest BCUT2D eigenvalue weighted by atomic mass is 9.93. The third-order valence-electron chi connectivity index (χ3n) is 4.01. The molecule has 0 fully saturated rings. The Morgan fingerprint density at radius 1 is 1.35 bits per heavy atom. The third kappa shape index (κ3) is 2.53. The fourth-order valence-electron chi connectivity index (χ4n) is 2.91. The minimum atomic E-state index is 0.181. The van der Waals surface area contributed by atoms with E-state index in [0.717, 1.165) is 42.9 Å². The molecule has 20 heavy (non-hydrogen) atoms. The second-order valence-electron chi connectivity index (χ2n) is 5.51. The van der Waals surface area contributed by atoms with E-state index in [0.29, 0.717) is 12.2 Å². The first-order chi connectivity index (χ1) is 9.78. The Hall–Kier alpha value is -1.90. The Morgan fingerprint density at radius 2 is 2.15 bits per heavy atom. The molecule has 1 aromatic heterocycles. The summed E-state index contributed by atoms with van der Waals surface area (Å²) in [5, 5.41) is 0. The Bertz CT molecular complexity index is 601. The molecule has 0 radical (unpaired) electrons. The molecule has 1 atom stereocenters. The lowest BCUT2D eigenvalue weighted by Gasteiger charge is -2.22. The van der Waals surface area contributed by atoms with Gasteiger partial charge in [-0.25, -0.2) is 4.98 Å². The van der Waals surface area contributed by atoms with Crippen LogP contribution in [0, 0.1) is 5.92 Å². The van der Waals surface area contributed by atoms with Crippen molar-refractivity contribution in [2.75, 3.05) is 0 Å². The predicted molar refractivity (Wildman–Crippen MR) is 79.4 cm³/mol. The van der Waals surface area contributed by atoms with E-state index in [1.54, 1.807) is 0 Å². The molecular formula is C17H20N2O.